The molecule has 1 saturated heterocycles. The minimum absolute atomic E-state index is 0.0119. The van der Waals surface area contributed by atoms with Crippen molar-refractivity contribution < 1.29 is 14.1 Å². The minimum Gasteiger partial charge on any atom is -0.457 e. The molecule has 150 valence electrons. The Hall–Kier alpha value is -2.65. The Balaban J connectivity index is 1.60. The fourth-order valence-corrected chi connectivity index (χ4v) is 4.54. The Kier molecular flexibility index (Phi) is 5.66. The lowest BCUT2D eigenvalue weighted by Gasteiger charge is -2.14. The number of amides is 1. The van der Waals surface area contributed by atoms with Gasteiger partial charge in [0.15, 0.2) is 4.32 Å². The molecule has 0 N–H and O–H groups in total. The molecule has 0 unspecified atom stereocenters. The van der Waals surface area contributed by atoms with Crippen molar-refractivity contribution in [3.05, 3.63) is 85.4 Å². The summed E-state index contributed by atoms with van der Waals surface area (Å²) in [5.41, 5.74) is 0.989. The number of benzene rings is 2. The third-order valence-electron chi connectivity index (χ3n) is 4.19. The Bertz CT molecular complexity index is 1240. The van der Waals surface area contributed by atoms with Crippen LogP contribution in [-0.4, -0.2) is 15.2 Å². The maximum Gasteiger partial charge on any atom is 0.287 e. The van der Waals surface area contributed by atoms with Gasteiger partial charge in [0.1, 0.15) is 16.5 Å². The molecule has 3 aromatic rings. The van der Waals surface area contributed by atoms with E-state index in [0.717, 1.165) is 11.8 Å². The Morgan fingerprint density at radius 2 is 1.93 bits per heavy atom. The number of furan rings is 1. The summed E-state index contributed by atoms with van der Waals surface area (Å²) in [6.45, 7) is 0. The lowest BCUT2D eigenvalue weighted by molar-refractivity contribution is -0.384. The molecular formula is C20H10Cl2N2O4S2. The highest BCUT2D eigenvalue weighted by atomic mass is 35.5. The lowest BCUT2D eigenvalue weighted by atomic mass is 10.1. The molecule has 30 heavy (non-hydrogen) atoms. The smallest absolute Gasteiger partial charge is 0.287 e. The third-order valence-corrected chi connectivity index (χ3v) is 6.03. The molecule has 6 nitrogen and oxygen atoms in total. The van der Waals surface area contributed by atoms with Crippen molar-refractivity contribution in [3.8, 4) is 11.3 Å². The number of hydrogen-bond acceptors (Lipinski definition) is 6. The summed E-state index contributed by atoms with van der Waals surface area (Å²) in [6, 6.07) is 14.6. The Morgan fingerprint density at radius 1 is 1.13 bits per heavy atom. The average molecular weight is 477 g/mol. The monoisotopic (exact) mass is 476 g/mol. The summed E-state index contributed by atoms with van der Waals surface area (Å²) in [5.74, 6) is 0.623. The summed E-state index contributed by atoms with van der Waals surface area (Å²) in [4.78, 5) is 25.0. The van der Waals surface area contributed by atoms with Crippen LogP contribution in [0.2, 0.25) is 10.0 Å². The highest BCUT2D eigenvalue weighted by Crippen LogP contribution is 2.37. The number of anilines is 1. The number of thioether (sulfide) groups is 1. The molecule has 0 saturated carbocycles. The van der Waals surface area contributed by atoms with E-state index in [1.807, 2.05) is 0 Å². The average Bonchev–Trinajstić information content (AvgIpc) is 3.26. The molecule has 2 aromatic carbocycles. The molecule has 1 aromatic heterocycles. The molecule has 1 aliphatic heterocycles. The normalized spacial score (nSPS) is 15.3. The van der Waals surface area contributed by atoms with E-state index in [4.69, 9.17) is 39.8 Å². The van der Waals surface area contributed by atoms with Crippen molar-refractivity contribution in [1.82, 2.24) is 0 Å². The zero-order valence-corrected chi connectivity index (χ0v) is 18.0. The van der Waals surface area contributed by atoms with Crippen LogP contribution in [0.1, 0.15) is 5.76 Å². The summed E-state index contributed by atoms with van der Waals surface area (Å²) < 4.78 is 6.17. The number of nitro groups is 1. The molecule has 0 aliphatic carbocycles. The minimum atomic E-state index is -0.554. The van der Waals surface area contributed by atoms with Gasteiger partial charge in [-0.1, -0.05) is 53.2 Å². The molecule has 0 atom stereocenters. The van der Waals surface area contributed by atoms with Crippen LogP contribution in [0.4, 0.5) is 11.4 Å². The fourth-order valence-electron chi connectivity index (χ4n) is 2.83. The first kappa shape index (κ1) is 20.6. The van der Waals surface area contributed by atoms with Crippen LogP contribution in [0, 0.1) is 10.1 Å². The van der Waals surface area contributed by atoms with E-state index in [-0.39, 0.29) is 16.6 Å². The van der Waals surface area contributed by atoms with Crippen LogP contribution in [0.25, 0.3) is 17.4 Å². The maximum atomic E-state index is 12.8. The zero-order valence-electron chi connectivity index (χ0n) is 14.9. The summed E-state index contributed by atoms with van der Waals surface area (Å²) in [7, 11) is 0. The van der Waals surface area contributed by atoms with E-state index in [1.165, 1.54) is 17.0 Å². The van der Waals surface area contributed by atoms with Gasteiger partial charge in [0.25, 0.3) is 11.6 Å². The molecule has 0 spiro atoms. The quantitative estimate of drug-likeness (QED) is 0.183. The standard InChI is InChI=1S/C20H10Cl2N2O4S2/c21-12-2-1-3-13(9-12)23-19(25)18(30-20(23)29)10-14-5-7-17(28-14)11-4-6-16(24(26)27)15(22)8-11/h1-10H/b18-10+. The topological polar surface area (TPSA) is 76.6 Å². The van der Waals surface area contributed by atoms with Gasteiger partial charge in [-0.3, -0.25) is 19.8 Å². The molecular weight excluding hydrogens is 467 g/mol. The van der Waals surface area contributed by atoms with E-state index in [2.05, 4.69) is 0 Å². The predicted octanol–water partition coefficient (Wildman–Crippen LogP) is 6.57. The first-order chi connectivity index (χ1) is 14.3. The molecule has 2 heterocycles. The van der Waals surface area contributed by atoms with Crippen molar-refractivity contribution in [2.75, 3.05) is 4.90 Å². The first-order valence-electron chi connectivity index (χ1n) is 8.41. The second-order valence-electron chi connectivity index (χ2n) is 6.12. The fraction of sp³-hybridized carbons (Fsp3) is 0. The van der Waals surface area contributed by atoms with Crippen molar-refractivity contribution in [2.45, 2.75) is 0 Å². The molecule has 0 bridgehead atoms. The predicted molar refractivity (Wildman–Crippen MR) is 123 cm³/mol. The van der Waals surface area contributed by atoms with E-state index in [0.29, 0.717) is 37.0 Å². The SMILES string of the molecule is O=C1/C(=C\c2ccc(-c3ccc([N+](=O)[O-])c(Cl)c3)o2)SC(=S)N1c1cccc(Cl)c1. The summed E-state index contributed by atoms with van der Waals surface area (Å²) in [5, 5.41) is 11.4. The van der Waals surface area contributed by atoms with Crippen molar-refractivity contribution in [2.24, 2.45) is 0 Å². The molecule has 10 heteroatoms. The highest BCUT2D eigenvalue weighted by molar-refractivity contribution is 8.27. The number of rotatable bonds is 4. The molecule has 4 rings (SSSR count). The number of carbonyl (C=O) groups excluding carboxylic acids is 1. The molecule has 1 fully saturated rings. The van der Waals surface area contributed by atoms with Crippen molar-refractivity contribution in [1.29, 1.82) is 0 Å². The van der Waals surface area contributed by atoms with Crippen LogP contribution >= 0.6 is 47.2 Å². The van der Waals surface area contributed by atoms with Gasteiger partial charge < -0.3 is 4.42 Å². The van der Waals surface area contributed by atoms with Crippen molar-refractivity contribution >= 4 is 74.9 Å². The first-order valence-corrected chi connectivity index (χ1v) is 10.4. The van der Waals surface area contributed by atoms with Crippen LogP contribution in [0.15, 0.2) is 63.9 Å². The van der Waals surface area contributed by atoms with Crippen LogP contribution in [-0.2, 0) is 4.79 Å². The number of carbonyl (C=O) groups is 1. The van der Waals surface area contributed by atoms with Gasteiger partial charge >= 0.3 is 0 Å². The number of nitro benzene ring substituents is 1. The molecule has 1 aliphatic rings. The third kappa shape index (κ3) is 3.99. The van der Waals surface area contributed by atoms with Crippen LogP contribution < -0.4 is 4.90 Å². The number of hydrogen-bond donors (Lipinski definition) is 0. The van der Waals surface area contributed by atoms with Gasteiger partial charge in [0, 0.05) is 22.7 Å². The Labute approximate surface area is 190 Å². The molecule has 0 radical (unpaired) electrons. The second kappa shape index (κ2) is 8.23. The van der Waals surface area contributed by atoms with E-state index in [1.54, 1.807) is 48.5 Å². The second-order valence-corrected chi connectivity index (χ2v) is 8.64. The van der Waals surface area contributed by atoms with E-state index >= 15 is 0 Å². The van der Waals surface area contributed by atoms with Gasteiger partial charge in [-0.15, -0.1) is 0 Å². The zero-order chi connectivity index (χ0) is 21.4. The lowest BCUT2D eigenvalue weighted by Crippen LogP contribution is -2.27. The number of nitrogens with zero attached hydrogens (tertiary/aromatic N) is 2. The molecule has 1 amide bonds. The van der Waals surface area contributed by atoms with E-state index < -0.39 is 4.92 Å². The number of thiocarbonyl (C=S) groups is 1. The van der Waals surface area contributed by atoms with Crippen LogP contribution in [0.3, 0.4) is 0 Å². The largest absolute Gasteiger partial charge is 0.457 e. The summed E-state index contributed by atoms with van der Waals surface area (Å²) in [6.07, 6.45) is 1.60. The van der Waals surface area contributed by atoms with Gasteiger partial charge in [-0.2, -0.15) is 0 Å². The summed E-state index contributed by atoms with van der Waals surface area (Å²) >= 11 is 18.5. The maximum absolute atomic E-state index is 12.8. The van der Waals surface area contributed by atoms with E-state index in [9.17, 15) is 14.9 Å². The highest BCUT2D eigenvalue weighted by Gasteiger charge is 2.33. The van der Waals surface area contributed by atoms with Crippen LogP contribution in [0.5, 0.6) is 0 Å². The Morgan fingerprint density at radius 3 is 2.63 bits per heavy atom. The van der Waals surface area contributed by atoms with Gasteiger partial charge in [0.2, 0.25) is 0 Å². The van der Waals surface area contributed by atoms with Crippen molar-refractivity contribution in [3.63, 3.8) is 0 Å². The number of halogens is 2. The van der Waals surface area contributed by atoms with Gasteiger partial charge in [-0.25, -0.2) is 0 Å². The van der Waals surface area contributed by atoms with Gasteiger partial charge in [0.05, 0.1) is 15.5 Å². The van der Waals surface area contributed by atoms with Gasteiger partial charge in [-0.05, 0) is 42.5 Å².